The van der Waals surface area contributed by atoms with Crippen molar-refractivity contribution in [3.05, 3.63) is 137 Å². The number of aromatic nitrogens is 1. The van der Waals surface area contributed by atoms with Crippen LogP contribution in [0.25, 0.3) is 22.7 Å². The maximum Gasteiger partial charge on any atom is 0.0537 e. The van der Waals surface area contributed by atoms with Crippen molar-refractivity contribution in [3.63, 3.8) is 0 Å². The minimum atomic E-state index is 0.920. The van der Waals surface area contributed by atoms with E-state index >= 15 is 0 Å². The Morgan fingerprint density at radius 3 is 2.37 bits per heavy atom. The quantitative estimate of drug-likeness (QED) is 0.277. The van der Waals surface area contributed by atoms with Crippen LogP contribution in [0.1, 0.15) is 70.7 Å². The zero-order chi connectivity index (χ0) is 31.6. The highest BCUT2D eigenvalue weighted by atomic mass is 15.1. The Hall–Kier alpha value is -4.48. The number of likely N-dealkylation sites (N-methyl/N-ethyl adjacent to an activating group) is 1. The van der Waals surface area contributed by atoms with Crippen LogP contribution < -0.4 is 4.90 Å². The fourth-order valence-corrected chi connectivity index (χ4v) is 4.94. The van der Waals surface area contributed by atoms with Gasteiger partial charge in [0.15, 0.2) is 0 Å². The van der Waals surface area contributed by atoms with E-state index in [2.05, 4.69) is 172 Å². The molecule has 5 rings (SSSR count). The summed E-state index contributed by atoms with van der Waals surface area (Å²) < 4.78 is 2.41. The van der Waals surface area contributed by atoms with Crippen molar-refractivity contribution >= 4 is 28.4 Å². The minimum Gasteiger partial charge on any atom is -0.344 e. The molecule has 3 aromatic rings. The normalized spacial score (nSPS) is 13.5. The van der Waals surface area contributed by atoms with Gasteiger partial charge in [-0.25, -0.2) is 0 Å². The molecule has 2 nitrogen and oxygen atoms in total. The van der Waals surface area contributed by atoms with Gasteiger partial charge in [0, 0.05) is 40.8 Å². The Bertz CT molecular complexity index is 1570. The van der Waals surface area contributed by atoms with Gasteiger partial charge in [-0.2, -0.15) is 0 Å². The number of hydrogen-bond donors (Lipinski definition) is 0. The van der Waals surface area contributed by atoms with Gasteiger partial charge in [0.25, 0.3) is 0 Å². The number of benzene rings is 2. The van der Waals surface area contributed by atoms with Crippen LogP contribution in [0.5, 0.6) is 0 Å². The molecule has 0 N–H and O–H groups in total. The van der Waals surface area contributed by atoms with E-state index in [0.717, 1.165) is 19.3 Å². The highest BCUT2D eigenvalue weighted by molar-refractivity contribution is 5.94. The number of rotatable bonds is 5. The summed E-state index contributed by atoms with van der Waals surface area (Å²) in [5.74, 6) is 2.25. The fourth-order valence-electron chi connectivity index (χ4n) is 4.94. The molecule has 0 spiro atoms. The lowest BCUT2D eigenvalue weighted by atomic mass is 10.1. The van der Waals surface area contributed by atoms with Gasteiger partial charge >= 0.3 is 0 Å². The van der Waals surface area contributed by atoms with Crippen molar-refractivity contribution in [1.82, 2.24) is 4.57 Å². The first-order valence-corrected chi connectivity index (χ1v) is 15.4. The number of allylic oxidation sites excluding steroid dienone is 12. The number of nitrogens with zero attached hydrogens (tertiary/aromatic N) is 2. The molecule has 0 atom stereocenters. The summed E-state index contributed by atoms with van der Waals surface area (Å²) >= 11 is 0. The van der Waals surface area contributed by atoms with E-state index in [-0.39, 0.29) is 0 Å². The van der Waals surface area contributed by atoms with Crippen molar-refractivity contribution in [2.75, 3.05) is 11.9 Å². The summed E-state index contributed by atoms with van der Waals surface area (Å²) in [7, 11) is 2.15. The molecule has 224 valence electrons. The first kappa shape index (κ1) is 34.7. The summed E-state index contributed by atoms with van der Waals surface area (Å²) in [6.45, 7) is 14.4. The van der Waals surface area contributed by atoms with Crippen LogP contribution >= 0.6 is 0 Å². The van der Waals surface area contributed by atoms with Crippen LogP contribution in [0.4, 0.5) is 5.69 Å². The smallest absolute Gasteiger partial charge is 0.0537 e. The summed E-state index contributed by atoms with van der Waals surface area (Å²) in [5, 5.41) is 1.31. The second-order valence-electron chi connectivity index (χ2n) is 10.2. The molecule has 0 aliphatic heterocycles. The van der Waals surface area contributed by atoms with E-state index in [4.69, 9.17) is 0 Å². The third-order valence-electron chi connectivity index (χ3n) is 7.03. The molecular formula is C41H50N2. The van der Waals surface area contributed by atoms with Crippen LogP contribution in [0.2, 0.25) is 0 Å². The zero-order valence-corrected chi connectivity index (χ0v) is 27.6. The van der Waals surface area contributed by atoms with Crippen LogP contribution in [0, 0.1) is 26.2 Å². The highest BCUT2D eigenvalue weighted by Gasteiger charge is 2.16. The molecule has 0 saturated carbocycles. The molecule has 0 radical (unpaired) electrons. The first-order chi connectivity index (χ1) is 20.9. The standard InChI is InChI=1S/C28H30N2.C8H10.C3H4.C2H6/c1-5-6-16-25-22(3)30(28-19-12-10-17-26(25)28)24-15-9-8-14-23(20-24)29(4)27-18-11-7-13-21(27)2;1-8-6-4-2-3-5-7-8;1-3-2;1-2/h6-8,10-20H,5,9H2,1-4H3;2-6H,7H2,1H3;1H,2H3;1-2H3/b16-6-;;;. The van der Waals surface area contributed by atoms with E-state index < -0.39 is 0 Å². The van der Waals surface area contributed by atoms with Crippen molar-refractivity contribution in [2.24, 2.45) is 0 Å². The third kappa shape index (κ3) is 9.79. The molecule has 0 saturated heterocycles. The van der Waals surface area contributed by atoms with Crippen molar-refractivity contribution in [3.8, 4) is 12.3 Å². The average Bonchev–Trinajstić information content (AvgIpc) is 3.25. The predicted molar refractivity (Wildman–Crippen MR) is 194 cm³/mol. The first-order valence-electron chi connectivity index (χ1n) is 15.4. The summed E-state index contributed by atoms with van der Waals surface area (Å²) in [5.41, 5.74) is 10.2. The van der Waals surface area contributed by atoms with Crippen molar-refractivity contribution in [1.29, 1.82) is 0 Å². The molecule has 0 unspecified atom stereocenters. The van der Waals surface area contributed by atoms with Crippen LogP contribution in [0.15, 0.2) is 121 Å². The van der Waals surface area contributed by atoms with Gasteiger partial charge in [0.05, 0.1) is 5.52 Å². The van der Waals surface area contributed by atoms with E-state index in [1.807, 2.05) is 13.8 Å². The van der Waals surface area contributed by atoms with Gasteiger partial charge < -0.3 is 9.47 Å². The minimum absolute atomic E-state index is 0.920. The van der Waals surface area contributed by atoms with Crippen LogP contribution in [-0.4, -0.2) is 11.6 Å². The fraction of sp³-hybridized carbons (Fsp3) is 0.268. The molecule has 2 aliphatic carbocycles. The largest absolute Gasteiger partial charge is 0.344 e. The number of anilines is 1. The van der Waals surface area contributed by atoms with Gasteiger partial charge in [-0.3, -0.25) is 0 Å². The predicted octanol–water partition coefficient (Wildman–Crippen LogP) is 11.6. The maximum atomic E-state index is 4.60. The molecule has 2 heteroatoms. The van der Waals surface area contributed by atoms with E-state index in [1.165, 1.54) is 50.4 Å². The number of aryl methyl sites for hydroxylation is 1. The van der Waals surface area contributed by atoms with E-state index in [1.54, 1.807) is 6.92 Å². The summed E-state index contributed by atoms with van der Waals surface area (Å²) in [6.07, 6.45) is 31.8. The number of terminal acetylenes is 1. The maximum absolute atomic E-state index is 4.60. The molecule has 1 heterocycles. The molecule has 0 bridgehead atoms. The molecule has 0 fully saturated rings. The number of para-hydroxylation sites is 2. The Labute approximate surface area is 261 Å². The lowest BCUT2D eigenvalue weighted by Crippen LogP contribution is -2.16. The summed E-state index contributed by atoms with van der Waals surface area (Å²) in [4.78, 5) is 2.28. The molecule has 43 heavy (non-hydrogen) atoms. The summed E-state index contributed by atoms with van der Waals surface area (Å²) in [6, 6.07) is 17.3. The van der Waals surface area contributed by atoms with Gasteiger partial charge in [-0.05, 0) is 76.8 Å². The van der Waals surface area contributed by atoms with Crippen LogP contribution in [0.3, 0.4) is 0 Å². The van der Waals surface area contributed by atoms with Gasteiger partial charge in [0.1, 0.15) is 0 Å². The van der Waals surface area contributed by atoms with Crippen molar-refractivity contribution < 1.29 is 0 Å². The Kier molecular flexibility index (Phi) is 15.2. The Morgan fingerprint density at radius 1 is 0.953 bits per heavy atom. The monoisotopic (exact) mass is 570 g/mol. The number of fused-ring (bicyclic) bond motifs is 1. The van der Waals surface area contributed by atoms with E-state index in [0.29, 0.717) is 0 Å². The Balaban J connectivity index is 0.000000417. The highest BCUT2D eigenvalue weighted by Crippen LogP contribution is 2.33. The molecule has 2 aromatic carbocycles. The van der Waals surface area contributed by atoms with Crippen LogP contribution in [-0.2, 0) is 0 Å². The van der Waals surface area contributed by atoms with Crippen molar-refractivity contribution in [2.45, 2.75) is 67.7 Å². The molecule has 0 amide bonds. The lowest BCUT2D eigenvalue weighted by molar-refractivity contribution is 1.07. The molecule has 2 aliphatic rings. The van der Waals surface area contributed by atoms with Gasteiger partial charge in [-0.1, -0.05) is 117 Å². The Morgan fingerprint density at radius 2 is 1.65 bits per heavy atom. The van der Waals surface area contributed by atoms with Gasteiger partial charge in [0.2, 0.25) is 0 Å². The lowest BCUT2D eigenvalue weighted by Gasteiger charge is -2.23. The topological polar surface area (TPSA) is 8.17 Å². The van der Waals surface area contributed by atoms with Gasteiger partial charge in [-0.15, -0.1) is 12.3 Å². The molecule has 1 aromatic heterocycles. The van der Waals surface area contributed by atoms with E-state index in [9.17, 15) is 0 Å². The second-order valence-corrected chi connectivity index (χ2v) is 10.2. The SMILES string of the molecule is C#CC.CC.CC/C=C\c1c(C)n(C2=CCC=CC(N(C)c3ccccc3C)=C2)c2ccccc12.CC1=CC=CC=CC1. The zero-order valence-electron chi connectivity index (χ0n) is 27.6. The second kappa shape index (κ2) is 18.9. The third-order valence-corrected chi connectivity index (χ3v) is 7.03. The average molecular weight is 571 g/mol. The number of hydrogen-bond acceptors (Lipinski definition) is 1. The molecular weight excluding hydrogens is 520 g/mol.